The first kappa shape index (κ1) is 14.1. The van der Waals surface area contributed by atoms with Gasteiger partial charge in [0, 0.05) is 13.1 Å². The monoisotopic (exact) mass is 290 g/mol. The second-order valence-electron chi connectivity index (χ2n) is 4.98. The maximum Gasteiger partial charge on any atom is 0.149 e. The lowest BCUT2D eigenvalue weighted by Crippen LogP contribution is -2.05. The first-order chi connectivity index (χ1) is 10.9. The highest BCUT2D eigenvalue weighted by atomic mass is 15.2. The van der Waals surface area contributed by atoms with E-state index in [1.165, 1.54) is 11.1 Å². The number of benzene rings is 2. The van der Waals surface area contributed by atoms with E-state index in [9.17, 15) is 0 Å². The Kier molecular flexibility index (Phi) is 4.62. The number of hydrogen-bond acceptors (Lipinski definition) is 4. The molecule has 2 N–H and O–H groups in total. The Morgan fingerprint density at radius 3 is 1.32 bits per heavy atom. The number of aromatic nitrogens is 2. The van der Waals surface area contributed by atoms with Gasteiger partial charge in [-0.05, 0) is 23.3 Å². The highest BCUT2D eigenvalue weighted by Crippen LogP contribution is 2.09. The van der Waals surface area contributed by atoms with Gasteiger partial charge in [-0.1, -0.05) is 60.7 Å². The molecule has 0 bridgehead atoms. The highest BCUT2D eigenvalue weighted by Gasteiger charge is 1.98. The number of hydrogen-bond donors (Lipinski definition) is 2. The summed E-state index contributed by atoms with van der Waals surface area (Å²) in [5.41, 5.74) is 2.44. The maximum atomic E-state index is 4.18. The Morgan fingerprint density at radius 2 is 0.955 bits per heavy atom. The smallest absolute Gasteiger partial charge is 0.149 e. The fraction of sp³-hybridized carbons (Fsp3) is 0.111. The molecule has 3 rings (SSSR count). The molecule has 0 saturated heterocycles. The summed E-state index contributed by atoms with van der Waals surface area (Å²) in [7, 11) is 0. The third-order valence-electron chi connectivity index (χ3n) is 3.30. The molecule has 1 aromatic heterocycles. The van der Waals surface area contributed by atoms with Crippen molar-refractivity contribution in [3.05, 3.63) is 83.9 Å². The maximum absolute atomic E-state index is 4.18. The van der Waals surface area contributed by atoms with Crippen LogP contribution in [0, 0.1) is 0 Å². The summed E-state index contributed by atoms with van der Waals surface area (Å²) < 4.78 is 0. The lowest BCUT2D eigenvalue weighted by molar-refractivity contribution is 0.981. The van der Waals surface area contributed by atoms with Gasteiger partial charge in [0.15, 0.2) is 0 Å². The van der Waals surface area contributed by atoms with Crippen LogP contribution in [0.4, 0.5) is 11.6 Å². The van der Waals surface area contributed by atoms with Crippen LogP contribution in [0.3, 0.4) is 0 Å². The molecule has 0 atom stereocenters. The van der Waals surface area contributed by atoms with Crippen LogP contribution in [0.25, 0.3) is 0 Å². The Morgan fingerprint density at radius 1 is 0.545 bits per heavy atom. The largest absolute Gasteiger partial charge is 0.365 e. The van der Waals surface area contributed by atoms with Crippen LogP contribution in [-0.4, -0.2) is 10.2 Å². The van der Waals surface area contributed by atoms with E-state index in [0.717, 1.165) is 24.7 Å². The van der Waals surface area contributed by atoms with Crippen LogP contribution in [0.2, 0.25) is 0 Å². The van der Waals surface area contributed by atoms with Gasteiger partial charge in [-0.25, -0.2) is 0 Å². The van der Waals surface area contributed by atoms with E-state index >= 15 is 0 Å². The molecule has 3 aromatic rings. The molecule has 0 aliphatic carbocycles. The molecule has 0 radical (unpaired) electrons. The second kappa shape index (κ2) is 7.22. The van der Waals surface area contributed by atoms with E-state index in [0.29, 0.717) is 0 Å². The van der Waals surface area contributed by atoms with E-state index in [-0.39, 0.29) is 0 Å². The van der Waals surface area contributed by atoms with Gasteiger partial charge in [0.05, 0.1) is 0 Å². The zero-order valence-electron chi connectivity index (χ0n) is 12.2. The Bertz CT molecular complexity index is 619. The molecule has 0 aliphatic rings. The number of anilines is 2. The van der Waals surface area contributed by atoms with Gasteiger partial charge in [0.25, 0.3) is 0 Å². The van der Waals surface area contributed by atoms with Crippen LogP contribution in [-0.2, 0) is 13.1 Å². The molecule has 0 spiro atoms. The van der Waals surface area contributed by atoms with Crippen molar-refractivity contribution in [3.63, 3.8) is 0 Å². The molecule has 0 unspecified atom stereocenters. The molecule has 4 heteroatoms. The van der Waals surface area contributed by atoms with Gasteiger partial charge in [-0.2, -0.15) is 0 Å². The van der Waals surface area contributed by atoms with Crippen molar-refractivity contribution in [3.8, 4) is 0 Å². The standard InChI is InChI=1S/C18H18N4/c1-3-7-15(8-4-1)13-19-17-11-12-18(22-21-17)20-14-16-9-5-2-6-10-16/h1-12H,13-14H2,(H,19,21)(H,20,22). The van der Waals surface area contributed by atoms with Crippen LogP contribution in [0.5, 0.6) is 0 Å². The van der Waals surface area contributed by atoms with Gasteiger partial charge in [-0.15, -0.1) is 10.2 Å². The van der Waals surface area contributed by atoms with Gasteiger partial charge < -0.3 is 10.6 Å². The molecular formula is C18H18N4. The molecule has 0 amide bonds. The summed E-state index contributed by atoms with van der Waals surface area (Å²) in [4.78, 5) is 0. The van der Waals surface area contributed by atoms with Gasteiger partial charge in [0.2, 0.25) is 0 Å². The van der Waals surface area contributed by atoms with Crippen molar-refractivity contribution in [2.75, 3.05) is 10.6 Å². The summed E-state index contributed by atoms with van der Waals surface area (Å²) in [5, 5.41) is 14.9. The lowest BCUT2D eigenvalue weighted by atomic mass is 10.2. The van der Waals surface area contributed by atoms with Crippen molar-refractivity contribution < 1.29 is 0 Å². The lowest BCUT2D eigenvalue weighted by Gasteiger charge is -2.07. The zero-order valence-corrected chi connectivity index (χ0v) is 12.2. The summed E-state index contributed by atoms with van der Waals surface area (Å²) >= 11 is 0. The third-order valence-corrected chi connectivity index (χ3v) is 3.30. The van der Waals surface area contributed by atoms with Crippen LogP contribution >= 0.6 is 0 Å². The van der Waals surface area contributed by atoms with Gasteiger partial charge in [0.1, 0.15) is 11.6 Å². The van der Waals surface area contributed by atoms with Crippen molar-refractivity contribution in [2.45, 2.75) is 13.1 Å². The summed E-state index contributed by atoms with van der Waals surface area (Å²) in [5.74, 6) is 1.54. The van der Waals surface area contributed by atoms with Gasteiger partial charge in [-0.3, -0.25) is 0 Å². The van der Waals surface area contributed by atoms with Crippen molar-refractivity contribution >= 4 is 11.6 Å². The number of nitrogens with one attached hydrogen (secondary N) is 2. The van der Waals surface area contributed by atoms with Crippen molar-refractivity contribution in [1.29, 1.82) is 0 Å². The average molecular weight is 290 g/mol. The first-order valence-electron chi connectivity index (χ1n) is 7.29. The average Bonchev–Trinajstić information content (AvgIpc) is 2.61. The molecule has 2 aromatic carbocycles. The molecule has 110 valence electrons. The summed E-state index contributed by atoms with van der Waals surface area (Å²) in [6.07, 6.45) is 0. The number of rotatable bonds is 6. The predicted molar refractivity (Wildman–Crippen MR) is 89.6 cm³/mol. The van der Waals surface area contributed by atoms with Crippen LogP contribution < -0.4 is 10.6 Å². The second-order valence-corrected chi connectivity index (χ2v) is 4.98. The molecule has 0 fully saturated rings. The molecule has 22 heavy (non-hydrogen) atoms. The summed E-state index contributed by atoms with van der Waals surface area (Å²) in [6, 6.07) is 24.3. The quantitative estimate of drug-likeness (QED) is 0.727. The zero-order chi connectivity index (χ0) is 15.0. The van der Waals surface area contributed by atoms with Crippen molar-refractivity contribution in [1.82, 2.24) is 10.2 Å². The number of nitrogens with zero attached hydrogens (tertiary/aromatic N) is 2. The van der Waals surface area contributed by atoms with Crippen LogP contribution in [0.15, 0.2) is 72.8 Å². The summed E-state index contributed by atoms with van der Waals surface area (Å²) in [6.45, 7) is 1.48. The van der Waals surface area contributed by atoms with E-state index in [4.69, 9.17) is 0 Å². The topological polar surface area (TPSA) is 49.8 Å². The van der Waals surface area contributed by atoms with Crippen molar-refractivity contribution in [2.24, 2.45) is 0 Å². The fourth-order valence-corrected chi connectivity index (χ4v) is 2.10. The van der Waals surface area contributed by atoms with E-state index < -0.39 is 0 Å². The third kappa shape index (κ3) is 4.06. The minimum atomic E-state index is 0.742. The normalized spacial score (nSPS) is 10.2. The first-order valence-corrected chi connectivity index (χ1v) is 7.29. The highest BCUT2D eigenvalue weighted by molar-refractivity contribution is 5.42. The van der Waals surface area contributed by atoms with Gasteiger partial charge >= 0.3 is 0 Å². The molecular weight excluding hydrogens is 272 g/mol. The Balaban J connectivity index is 1.52. The van der Waals surface area contributed by atoms with E-state index in [1.54, 1.807) is 0 Å². The minimum absolute atomic E-state index is 0.742. The molecule has 1 heterocycles. The molecule has 0 aliphatic heterocycles. The molecule has 4 nitrogen and oxygen atoms in total. The van der Waals surface area contributed by atoms with E-state index in [1.807, 2.05) is 48.5 Å². The van der Waals surface area contributed by atoms with E-state index in [2.05, 4.69) is 45.1 Å². The Hall–Kier alpha value is -2.88. The SMILES string of the molecule is c1ccc(CNc2ccc(NCc3ccccc3)nn2)cc1. The Labute approximate surface area is 130 Å². The predicted octanol–water partition coefficient (Wildman–Crippen LogP) is 3.70. The fourth-order valence-electron chi connectivity index (χ4n) is 2.10. The minimum Gasteiger partial charge on any atom is -0.365 e. The van der Waals surface area contributed by atoms with Crippen LogP contribution in [0.1, 0.15) is 11.1 Å². The molecule has 0 saturated carbocycles.